The molecule has 2 aliphatic heterocycles. The van der Waals surface area contributed by atoms with Crippen molar-refractivity contribution >= 4 is 35.0 Å². The van der Waals surface area contributed by atoms with Crippen LogP contribution in [0.4, 0.5) is 0 Å². The van der Waals surface area contributed by atoms with Gasteiger partial charge in [0.15, 0.2) is 9.75 Å². The Labute approximate surface area is 208 Å². The Morgan fingerprint density at radius 2 is 1.60 bits per heavy atom. The van der Waals surface area contributed by atoms with E-state index in [-0.39, 0.29) is 35.8 Å². The van der Waals surface area contributed by atoms with Gasteiger partial charge in [-0.3, -0.25) is 14.5 Å². The topological polar surface area (TPSA) is 125 Å². The number of amides is 2. The van der Waals surface area contributed by atoms with Crippen molar-refractivity contribution in [3.63, 3.8) is 0 Å². The Balaban J connectivity index is 1.89. The monoisotopic (exact) mass is 524 g/mol. The number of ether oxygens (including phenoxy) is 2. The summed E-state index contributed by atoms with van der Waals surface area (Å²) in [6.07, 6.45) is 1.50. The summed E-state index contributed by atoms with van der Waals surface area (Å²) in [4.78, 5) is 49.6. The first kappa shape index (κ1) is 23.6. The molecule has 4 atom stereocenters. The largest absolute Gasteiger partial charge is 0.508 e. The molecule has 1 aromatic carbocycles. The van der Waals surface area contributed by atoms with E-state index in [4.69, 9.17) is 32.7 Å². The number of phenolic OH excluding ortho intramolecular Hbond substituents is 1. The van der Waals surface area contributed by atoms with E-state index in [1.54, 1.807) is 6.08 Å². The second kappa shape index (κ2) is 7.41. The minimum absolute atomic E-state index is 0.0280. The number of likely N-dealkylation sites (tertiary alicyclic amines) is 1. The number of rotatable bonds is 3. The van der Waals surface area contributed by atoms with E-state index >= 15 is 0 Å². The highest BCUT2D eigenvalue weighted by atomic mass is 35.5. The smallest absolute Gasteiger partial charge is 0.347 e. The Morgan fingerprint density at radius 3 is 2.17 bits per heavy atom. The average Bonchev–Trinajstić information content (AvgIpc) is 3.13. The summed E-state index contributed by atoms with van der Waals surface area (Å²) in [5.41, 5.74) is -0.344. The van der Waals surface area contributed by atoms with Gasteiger partial charge in [-0.1, -0.05) is 6.08 Å². The first-order valence-electron chi connectivity index (χ1n) is 10.7. The number of imide groups is 1. The fourth-order valence-electron chi connectivity index (χ4n) is 5.64. The molecule has 5 rings (SSSR count). The van der Waals surface area contributed by atoms with Crippen LogP contribution in [0.25, 0.3) is 0 Å². The number of hydrogen-bond donors (Lipinski definition) is 1. The van der Waals surface area contributed by atoms with Crippen molar-refractivity contribution in [3.05, 3.63) is 50.3 Å². The molecular weight excluding hydrogens is 503 g/mol. The minimum atomic E-state index is -2.01. The number of nitrogens with zero attached hydrogens (tertiary/aromatic N) is 4. The number of hydrogen-bond acceptors (Lipinski definition) is 7. The van der Waals surface area contributed by atoms with Crippen LogP contribution in [-0.4, -0.2) is 66.8 Å². The number of methoxy groups -OCH3 is 2. The van der Waals surface area contributed by atoms with Gasteiger partial charge >= 0.3 is 11.4 Å². The minimum Gasteiger partial charge on any atom is -0.508 e. The zero-order chi connectivity index (χ0) is 25.6. The third-order valence-corrected chi connectivity index (χ3v) is 8.70. The van der Waals surface area contributed by atoms with E-state index in [9.17, 15) is 24.3 Å². The summed E-state index contributed by atoms with van der Waals surface area (Å²) in [5, 5.41) is 10.2. The van der Waals surface area contributed by atoms with E-state index < -0.39 is 44.9 Å². The van der Waals surface area contributed by atoms with Crippen LogP contribution < -0.4 is 20.9 Å². The van der Waals surface area contributed by atoms with Crippen molar-refractivity contribution in [1.82, 2.24) is 18.8 Å². The third-order valence-electron chi connectivity index (χ3n) is 7.29. The molecule has 186 valence electrons. The molecule has 0 radical (unpaired) electrons. The van der Waals surface area contributed by atoms with E-state index in [2.05, 4.69) is 0 Å². The molecule has 3 aliphatic rings. The molecule has 2 amide bonds. The highest BCUT2D eigenvalue weighted by molar-refractivity contribution is 6.53. The summed E-state index contributed by atoms with van der Waals surface area (Å²) < 4.78 is 14.5. The molecule has 1 aromatic heterocycles. The van der Waals surface area contributed by atoms with Gasteiger partial charge < -0.3 is 14.6 Å². The molecule has 2 fully saturated rings. The van der Waals surface area contributed by atoms with Crippen molar-refractivity contribution < 1.29 is 24.2 Å². The van der Waals surface area contributed by atoms with Crippen molar-refractivity contribution in [2.24, 2.45) is 7.05 Å². The lowest BCUT2D eigenvalue weighted by molar-refractivity contribution is -0.137. The summed E-state index contributed by atoms with van der Waals surface area (Å²) in [5.74, 6) is -2.42. The van der Waals surface area contributed by atoms with E-state index in [1.165, 1.54) is 49.8 Å². The maximum Gasteiger partial charge on any atom is 0.347 e. The van der Waals surface area contributed by atoms with E-state index in [0.717, 1.165) is 9.47 Å². The van der Waals surface area contributed by atoms with Crippen molar-refractivity contribution in [1.29, 1.82) is 0 Å². The fourth-order valence-corrected chi connectivity index (χ4v) is 6.62. The third kappa shape index (κ3) is 2.68. The lowest BCUT2D eigenvalue weighted by Gasteiger charge is -2.49. The summed E-state index contributed by atoms with van der Waals surface area (Å²) >= 11 is 14.2. The number of carbonyl (C=O) groups excluding carboxylic acids is 2. The van der Waals surface area contributed by atoms with Crippen LogP contribution in [0.15, 0.2) is 33.4 Å². The molecule has 0 unspecified atom stereocenters. The molecule has 35 heavy (non-hydrogen) atoms. The Hall–Kier alpha value is -3.18. The molecule has 1 aliphatic carbocycles. The molecule has 3 heterocycles. The van der Waals surface area contributed by atoms with Gasteiger partial charge in [-0.2, -0.15) is 0 Å². The number of fused-ring (bicyclic) bond motifs is 4. The standard InChI is InChI=1S/C22H22Cl2N4O7/c1-25-17(30)21(23)9-12-11(5-6-27-19(32)26(2)20(33)28(12)27)16(22(21,24)18(25)31)15-13(34-3)7-10(29)8-14(15)35-4/h5,7-8,12,16,29H,6,9H2,1-4H3/t12-,16-,21-,22+/m1/s1. The first-order chi connectivity index (χ1) is 16.4. The number of carbonyl (C=O) groups is 2. The predicted molar refractivity (Wildman–Crippen MR) is 125 cm³/mol. The van der Waals surface area contributed by atoms with E-state index in [0.29, 0.717) is 5.57 Å². The zero-order valence-corrected chi connectivity index (χ0v) is 20.8. The average molecular weight is 525 g/mol. The summed E-state index contributed by atoms with van der Waals surface area (Å²) in [7, 11) is 5.39. The quantitative estimate of drug-likeness (QED) is 0.355. The number of alkyl halides is 2. The van der Waals surface area contributed by atoms with Crippen molar-refractivity contribution in [3.8, 4) is 17.2 Å². The summed E-state index contributed by atoms with van der Waals surface area (Å²) in [6, 6.07) is 1.79. The maximum atomic E-state index is 13.6. The molecule has 13 heteroatoms. The Bertz CT molecular complexity index is 1430. The fraction of sp³-hybridized carbons (Fsp3) is 0.455. The predicted octanol–water partition coefficient (Wildman–Crippen LogP) is 0.694. The molecule has 1 saturated heterocycles. The molecule has 11 nitrogen and oxygen atoms in total. The van der Waals surface area contributed by atoms with Crippen LogP contribution in [0, 0.1) is 0 Å². The molecular formula is C22H22Cl2N4O7. The SMILES string of the molecule is COc1cc(O)cc(OC)c1[C@H]1C2=CCn3c(=O)n(C)c(=O)n3[C@@H]2C[C@@]2(Cl)C(=O)N(C)C(=O)[C@@]12Cl. The number of allylic oxidation sites excluding steroid dienone is 2. The van der Waals surface area contributed by atoms with Crippen LogP contribution in [0.5, 0.6) is 17.2 Å². The van der Waals surface area contributed by atoms with E-state index in [1.807, 2.05) is 0 Å². The maximum absolute atomic E-state index is 13.6. The molecule has 1 N–H and O–H groups in total. The lowest BCUT2D eigenvalue weighted by Crippen LogP contribution is -2.59. The summed E-state index contributed by atoms with van der Waals surface area (Å²) in [6.45, 7) is 0.0280. The second-order valence-corrected chi connectivity index (χ2v) is 10.1. The second-order valence-electron chi connectivity index (χ2n) is 8.85. The molecule has 0 spiro atoms. The van der Waals surface area contributed by atoms with Crippen molar-refractivity contribution in [2.75, 3.05) is 21.3 Å². The van der Waals surface area contributed by atoms with Crippen LogP contribution in [0.2, 0.25) is 0 Å². The van der Waals surface area contributed by atoms with Crippen LogP contribution in [0.1, 0.15) is 23.9 Å². The highest BCUT2D eigenvalue weighted by Crippen LogP contribution is 2.65. The van der Waals surface area contributed by atoms with Crippen LogP contribution in [0.3, 0.4) is 0 Å². The van der Waals surface area contributed by atoms with Gasteiger partial charge in [-0.05, 0) is 5.57 Å². The van der Waals surface area contributed by atoms with Crippen LogP contribution >= 0.6 is 23.2 Å². The van der Waals surface area contributed by atoms with Crippen molar-refractivity contribution in [2.45, 2.75) is 34.7 Å². The van der Waals surface area contributed by atoms with Gasteiger partial charge in [0, 0.05) is 44.1 Å². The number of benzene rings is 1. The lowest BCUT2D eigenvalue weighted by atomic mass is 9.64. The zero-order valence-electron chi connectivity index (χ0n) is 19.2. The number of phenols is 1. The number of aromatic hydroxyl groups is 1. The van der Waals surface area contributed by atoms with Gasteiger partial charge in [0.2, 0.25) is 0 Å². The normalized spacial score (nSPS) is 29.4. The molecule has 1 saturated carbocycles. The van der Waals surface area contributed by atoms with Crippen LogP contribution in [-0.2, 0) is 23.2 Å². The number of halogens is 2. The molecule has 0 bridgehead atoms. The first-order valence-corrected chi connectivity index (χ1v) is 11.4. The Morgan fingerprint density at radius 1 is 1.00 bits per heavy atom. The Kier molecular flexibility index (Phi) is 4.99. The van der Waals surface area contributed by atoms with Gasteiger partial charge in [-0.25, -0.2) is 23.5 Å². The molecule has 2 aromatic rings. The number of aromatic nitrogens is 3. The van der Waals surface area contributed by atoms with Gasteiger partial charge in [0.05, 0.1) is 26.8 Å². The van der Waals surface area contributed by atoms with Gasteiger partial charge in [-0.15, -0.1) is 23.2 Å². The highest BCUT2D eigenvalue weighted by Gasteiger charge is 2.75. The van der Waals surface area contributed by atoms with Gasteiger partial charge in [0.1, 0.15) is 17.2 Å². The van der Waals surface area contributed by atoms with Gasteiger partial charge in [0.25, 0.3) is 11.8 Å².